The van der Waals surface area contributed by atoms with Gasteiger partial charge >= 0.3 is 5.97 Å². The molecule has 1 N–H and O–H groups in total. The lowest BCUT2D eigenvalue weighted by Crippen LogP contribution is -3.00. The van der Waals surface area contributed by atoms with Crippen molar-refractivity contribution in [1.29, 1.82) is 0 Å². The van der Waals surface area contributed by atoms with Gasteiger partial charge < -0.3 is 31.8 Å². The molecule has 2 aromatic heterocycles. The first-order valence-electron chi connectivity index (χ1n) is 13.4. The maximum atomic E-state index is 12.3. The van der Waals surface area contributed by atoms with Crippen molar-refractivity contribution < 1.29 is 31.2 Å². The summed E-state index contributed by atoms with van der Waals surface area (Å²) >= 11 is 1.78. The maximum absolute atomic E-state index is 12.3. The molecule has 7 nitrogen and oxygen atoms in total. The number of ether oxygens (including phenoxy) is 2. The van der Waals surface area contributed by atoms with Gasteiger partial charge in [0.1, 0.15) is 5.75 Å². The minimum atomic E-state index is -0.134. The number of carbonyl (C=O) groups is 1. The molecule has 0 aliphatic carbocycles. The highest BCUT2D eigenvalue weighted by atomic mass is 35.5. The van der Waals surface area contributed by atoms with E-state index in [1.165, 1.54) is 21.8 Å². The van der Waals surface area contributed by atoms with Crippen LogP contribution in [0.15, 0.2) is 64.8 Å². The summed E-state index contributed by atoms with van der Waals surface area (Å²) in [6.07, 6.45) is 1.88. The van der Waals surface area contributed by atoms with Crippen LogP contribution >= 0.6 is 11.3 Å². The Morgan fingerprint density at radius 2 is 1.87 bits per heavy atom. The van der Waals surface area contributed by atoms with Crippen LogP contribution in [0.3, 0.4) is 0 Å². The number of pyridine rings is 1. The Kier molecular flexibility index (Phi) is 9.53. The van der Waals surface area contributed by atoms with Crippen LogP contribution in [-0.4, -0.2) is 61.5 Å². The lowest BCUT2D eigenvalue weighted by molar-refractivity contribution is -0.944. The normalized spacial score (nSPS) is 14.9. The van der Waals surface area contributed by atoms with E-state index in [9.17, 15) is 9.59 Å². The summed E-state index contributed by atoms with van der Waals surface area (Å²) in [6, 6.07) is 17.9. The SMILES string of the molecule is CC(C)C(=O)OC[N+]1(CCCCOc2ccc3ccc(=O)[nH]c3c2)CCN(c2cccc3sccc23)CC1.[Cl-]. The van der Waals surface area contributed by atoms with Gasteiger partial charge in [-0.25, -0.2) is 0 Å². The average molecular weight is 570 g/mol. The third kappa shape index (κ3) is 6.93. The second kappa shape index (κ2) is 12.9. The number of nitrogens with one attached hydrogen (secondary N) is 1. The van der Waals surface area contributed by atoms with Gasteiger partial charge in [-0.05, 0) is 60.0 Å². The zero-order valence-electron chi connectivity index (χ0n) is 22.5. The number of hydrogen-bond donors (Lipinski definition) is 1. The number of rotatable bonds is 10. The monoisotopic (exact) mass is 569 g/mol. The minimum Gasteiger partial charge on any atom is -1.00 e. The van der Waals surface area contributed by atoms with E-state index in [-0.39, 0.29) is 29.9 Å². The number of quaternary nitrogens is 1. The summed E-state index contributed by atoms with van der Waals surface area (Å²) in [4.78, 5) is 29.2. The highest BCUT2D eigenvalue weighted by Crippen LogP contribution is 2.32. The second-order valence-corrected chi connectivity index (χ2v) is 11.4. The number of H-pyrrole nitrogens is 1. The Morgan fingerprint density at radius 3 is 2.67 bits per heavy atom. The number of hydrogen-bond acceptors (Lipinski definition) is 6. The number of esters is 1. The van der Waals surface area contributed by atoms with Gasteiger partial charge in [0, 0.05) is 27.9 Å². The lowest BCUT2D eigenvalue weighted by atomic mass is 10.1. The number of thiophene rings is 1. The first-order chi connectivity index (χ1) is 18.4. The number of aromatic nitrogens is 1. The molecule has 4 aromatic rings. The fourth-order valence-corrected chi connectivity index (χ4v) is 5.93. The van der Waals surface area contributed by atoms with Gasteiger partial charge in [0.2, 0.25) is 12.3 Å². The van der Waals surface area contributed by atoms with Crippen molar-refractivity contribution >= 4 is 44.0 Å². The lowest BCUT2D eigenvalue weighted by Gasteiger charge is -2.45. The Balaban J connectivity index is 0.00000353. The zero-order chi connectivity index (χ0) is 26.5. The van der Waals surface area contributed by atoms with E-state index in [4.69, 9.17) is 9.47 Å². The molecule has 0 radical (unpaired) electrons. The number of carbonyl (C=O) groups excluding carboxylic acids is 1. The molecule has 0 unspecified atom stereocenters. The molecule has 0 atom stereocenters. The van der Waals surface area contributed by atoms with Crippen molar-refractivity contribution in [3.63, 3.8) is 0 Å². The third-order valence-electron chi connectivity index (χ3n) is 7.45. The largest absolute Gasteiger partial charge is 1.00 e. The molecule has 0 saturated carbocycles. The topological polar surface area (TPSA) is 71.6 Å². The quantitative estimate of drug-likeness (QED) is 0.180. The van der Waals surface area contributed by atoms with Gasteiger partial charge in [-0.1, -0.05) is 19.9 Å². The molecule has 5 rings (SSSR count). The van der Waals surface area contributed by atoms with Gasteiger partial charge in [0.15, 0.2) is 0 Å². The van der Waals surface area contributed by atoms with Crippen LogP contribution in [0, 0.1) is 5.92 Å². The fourth-order valence-electron chi connectivity index (χ4n) is 5.13. The first kappa shape index (κ1) is 28.9. The Hall–Kier alpha value is -3.07. The van der Waals surface area contributed by atoms with Crippen LogP contribution in [0.5, 0.6) is 5.75 Å². The van der Waals surface area contributed by atoms with Gasteiger partial charge in [0.25, 0.3) is 0 Å². The number of halogens is 1. The van der Waals surface area contributed by atoms with Crippen LogP contribution in [-0.2, 0) is 9.53 Å². The summed E-state index contributed by atoms with van der Waals surface area (Å²) < 4.78 is 13.9. The van der Waals surface area contributed by atoms with E-state index in [2.05, 4.69) is 39.5 Å². The van der Waals surface area contributed by atoms with Gasteiger partial charge in [-0.2, -0.15) is 0 Å². The van der Waals surface area contributed by atoms with E-state index in [1.54, 1.807) is 11.3 Å². The van der Waals surface area contributed by atoms with Crippen molar-refractivity contribution in [2.45, 2.75) is 26.7 Å². The zero-order valence-corrected chi connectivity index (χ0v) is 24.1. The number of aromatic amines is 1. The summed E-state index contributed by atoms with van der Waals surface area (Å²) in [5.74, 6) is 0.494. The number of nitrogens with zero attached hydrogens (tertiary/aromatic N) is 2. The van der Waals surface area contributed by atoms with Crippen LogP contribution in [0.4, 0.5) is 5.69 Å². The Morgan fingerprint density at radius 1 is 1.08 bits per heavy atom. The van der Waals surface area contributed by atoms with Gasteiger partial charge in [-0.3, -0.25) is 14.1 Å². The summed E-state index contributed by atoms with van der Waals surface area (Å²) in [7, 11) is 0. The average Bonchev–Trinajstić information content (AvgIpc) is 3.41. The maximum Gasteiger partial charge on any atom is 0.312 e. The van der Waals surface area contributed by atoms with Crippen LogP contribution in [0.25, 0.3) is 21.0 Å². The van der Waals surface area contributed by atoms with Gasteiger partial charge in [-0.15, -0.1) is 11.3 Å². The molecular formula is C30H36ClN3O4S. The number of piperazine rings is 1. The molecule has 0 amide bonds. The molecule has 0 spiro atoms. The van der Waals surface area contributed by atoms with Crippen molar-refractivity contribution in [2.24, 2.45) is 5.92 Å². The summed E-state index contributed by atoms with van der Waals surface area (Å²) in [6.45, 7) is 9.45. The molecule has 39 heavy (non-hydrogen) atoms. The second-order valence-electron chi connectivity index (χ2n) is 10.5. The molecule has 1 fully saturated rings. The fraction of sp³-hybridized carbons (Fsp3) is 0.400. The number of fused-ring (bicyclic) bond motifs is 2. The third-order valence-corrected chi connectivity index (χ3v) is 8.33. The van der Waals surface area contributed by atoms with E-state index in [0.29, 0.717) is 13.3 Å². The molecule has 1 aliphatic rings. The number of anilines is 1. The van der Waals surface area contributed by atoms with Crippen molar-refractivity contribution in [3.05, 3.63) is 70.3 Å². The van der Waals surface area contributed by atoms with Crippen molar-refractivity contribution in [1.82, 2.24) is 4.98 Å². The predicted octanol–water partition coefficient (Wildman–Crippen LogP) is 2.40. The van der Waals surface area contributed by atoms with Gasteiger partial charge in [0.05, 0.1) is 50.8 Å². The van der Waals surface area contributed by atoms with Crippen LogP contribution in [0.1, 0.15) is 26.7 Å². The number of unbranched alkanes of at least 4 members (excludes halogenated alkanes) is 1. The molecule has 2 aromatic carbocycles. The van der Waals surface area contributed by atoms with Crippen molar-refractivity contribution in [2.75, 3.05) is 51.0 Å². The summed E-state index contributed by atoms with van der Waals surface area (Å²) in [5.41, 5.74) is 1.96. The van der Waals surface area contributed by atoms with Crippen LogP contribution < -0.4 is 27.6 Å². The minimum absolute atomic E-state index is 0. The molecule has 208 valence electrons. The van der Waals surface area contributed by atoms with E-state index >= 15 is 0 Å². The molecule has 3 heterocycles. The molecule has 1 saturated heterocycles. The van der Waals surface area contributed by atoms with E-state index in [1.807, 2.05) is 38.1 Å². The highest BCUT2D eigenvalue weighted by Gasteiger charge is 2.34. The first-order valence-corrected chi connectivity index (χ1v) is 14.3. The van der Waals surface area contributed by atoms with E-state index < -0.39 is 0 Å². The standard InChI is InChI=1S/C30H35N3O4S.ClH/c1-22(2)30(35)37-21-33(16-13-32(14-17-33)27-6-5-7-28-25(27)12-19-38-28)15-3-4-18-36-24-10-8-23-9-11-29(34)31-26(23)20-24;/h5-12,19-20,22H,3-4,13-18,21H2,1-2H3;1H. The predicted molar refractivity (Wildman–Crippen MR) is 154 cm³/mol. The smallest absolute Gasteiger partial charge is 0.312 e. The molecular weight excluding hydrogens is 534 g/mol. The summed E-state index contributed by atoms with van der Waals surface area (Å²) in [5, 5.41) is 4.45. The van der Waals surface area contributed by atoms with Crippen LogP contribution in [0.2, 0.25) is 0 Å². The van der Waals surface area contributed by atoms with E-state index in [0.717, 1.165) is 66.7 Å². The Labute approximate surface area is 239 Å². The molecule has 0 bridgehead atoms. The van der Waals surface area contributed by atoms with Crippen molar-refractivity contribution in [3.8, 4) is 5.75 Å². The molecule has 1 aliphatic heterocycles. The Bertz CT molecular complexity index is 1460. The number of benzene rings is 2. The molecule has 9 heteroatoms. The highest BCUT2D eigenvalue weighted by molar-refractivity contribution is 7.17.